The first kappa shape index (κ1) is 38.0. The number of benzene rings is 4. The number of carbonyl (C=O) groups is 1. The smallest absolute Gasteiger partial charge is 0.332 e. The molecular formula is C44H51FN2O6. The fraction of sp³-hybridized carbons (Fsp3) is 0.386. The topological polar surface area (TPSA) is 71.4 Å². The minimum atomic E-state index is -0.510. The molecule has 0 bridgehead atoms. The van der Waals surface area contributed by atoms with Gasteiger partial charge in [0.2, 0.25) is 0 Å². The monoisotopic (exact) mass is 722 g/mol. The van der Waals surface area contributed by atoms with E-state index in [1.807, 2.05) is 69.3 Å². The van der Waals surface area contributed by atoms with Crippen molar-refractivity contribution in [2.45, 2.75) is 65.4 Å². The first-order chi connectivity index (χ1) is 25.6. The van der Waals surface area contributed by atoms with Gasteiger partial charge in [0.1, 0.15) is 42.7 Å². The van der Waals surface area contributed by atoms with E-state index >= 15 is 0 Å². The van der Waals surface area contributed by atoms with Crippen LogP contribution in [0.3, 0.4) is 0 Å². The van der Waals surface area contributed by atoms with E-state index in [-0.39, 0.29) is 24.5 Å². The molecule has 0 radical (unpaired) electrons. The SMILES string of the molecule is Cc1c(-c2ccc(F)cc2)n(Cc2ccc(OCCN3CCC(OCCOCC(=O)OC(C)(C)C)CC3)cc2)c2ccc(OCc3ccccc3)cc12. The molecule has 5 aromatic rings. The van der Waals surface area contributed by atoms with E-state index in [1.165, 1.54) is 12.1 Å². The van der Waals surface area contributed by atoms with Gasteiger partial charge in [0.05, 0.1) is 25.0 Å². The molecule has 8 nitrogen and oxygen atoms in total. The average molecular weight is 723 g/mol. The zero-order chi connectivity index (χ0) is 37.2. The number of fused-ring (bicyclic) bond motifs is 1. The van der Waals surface area contributed by atoms with E-state index in [1.54, 1.807) is 0 Å². The molecule has 1 fully saturated rings. The number of ether oxygens (including phenoxy) is 5. The third-order valence-electron chi connectivity index (χ3n) is 9.35. The molecule has 0 aliphatic carbocycles. The van der Waals surface area contributed by atoms with Crippen molar-refractivity contribution in [3.8, 4) is 22.8 Å². The van der Waals surface area contributed by atoms with Gasteiger partial charge in [-0.3, -0.25) is 4.90 Å². The minimum absolute atomic E-state index is 0.0582. The fourth-order valence-electron chi connectivity index (χ4n) is 6.74. The molecular weight excluding hydrogens is 671 g/mol. The van der Waals surface area contributed by atoms with Crippen molar-refractivity contribution in [1.29, 1.82) is 0 Å². The van der Waals surface area contributed by atoms with Gasteiger partial charge in [-0.05, 0) is 117 Å². The normalized spacial score (nSPS) is 14.1. The highest BCUT2D eigenvalue weighted by Crippen LogP contribution is 2.36. The van der Waals surface area contributed by atoms with Crippen molar-refractivity contribution >= 4 is 16.9 Å². The fourth-order valence-corrected chi connectivity index (χ4v) is 6.74. The number of hydrogen-bond acceptors (Lipinski definition) is 7. The number of aromatic nitrogens is 1. The van der Waals surface area contributed by atoms with Crippen molar-refractivity contribution in [2.24, 2.45) is 0 Å². The summed E-state index contributed by atoms with van der Waals surface area (Å²) in [7, 11) is 0. The summed E-state index contributed by atoms with van der Waals surface area (Å²) >= 11 is 0. The van der Waals surface area contributed by atoms with Crippen LogP contribution in [0, 0.1) is 12.7 Å². The first-order valence-electron chi connectivity index (χ1n) is 18.5. The van der Waals surface area contributed by atoms with Crippen molar-refractivity contribution in [1.82, 2.24) is 9.47 Å². The van der Waals surface area contributed by atoms with E-state index in [0.717, 1.165) is 82.8 Å². The molecule has 2 heterocycles. The molecule has 1 aliphatic rings. The Morgan fingerprint density at radius 1 is 0.811 bits per heavy atom. The molecule has 0 unspecified atom stereocenters. The lowest BCUT2D eigenvalue weighted by Gasteiger charge is -2.31. The molecule has 4 aromatic carbocycles. The van der Waals surface area contributed by atoms with E-state index in [9.17, 15) is 9.18 Å². The highest BCUT2D eigenvalue weighted by molar-refractivity contribution is 5.92. The van der Waals surface area contributed by atoms with Crippen LogP contribution in [0.15, 0.2) is 97.1 Å². The molecule has 0 spiro atoms. The number of aryl methyl sites for hydroxylation is 1. The Morgan fingerprint density at radius 2 is 1.53 bits per heavy atom. The summed E-state index contributed by atoms with van der Waals surface area (Å²) in [5.74, 6) is 1.04. The lowest BCUT2D eigenvalue weighted by molar-refractivity contribution is -0.160. The Bertz CT molecular complexity index is 1910. The highest BCUT2D eigenvalue weighted by atomic mass is 19.1. The zero-order valence-electron chi connectivity index (χ0n) is 31.3. The molecule has 280 valence electrons. The molecule has 6 rings (SSSR count). The van der Waals surface area contributed by atoms with Gasteiger partial charge in [-0.1, -0.05) is 42.5 Å². The van der Waals surface area contributed by atoms with Crippen LogP contribution in [0.5, 0.6) is 11.5 Å². The molecule has 1 saturated heterocycles. The summed E-state index contributed by atoms with van der Waals surface area (Å²) in [6.45, 7) is 12.9. The van der Waals surface area contributed by atoms with Gasteiger partial charge in [-0.2, -0.15) is 0 Å². The zero-order valence-corrected chi connectivity index (χ0v) is 31.3. The second-order valence-electron chi connectivity index (χ2n) is 14.6. The first-order valence-corrected chi connectivity index (χ1v) is 18.5. The molecule has 1 aromatic heterocycles. The van der Waals surface area contributed by atoms with Gasteiger partial charge in [0.15, 0.2) is 0 Å². The van der Waals surface area contributed by atoms with Crippen LogP contribution < -0.4 is 9.47 Å². The van der Waals surface area contributed by atoms with E-state index in [0.29, 0.717) is 33.0 Å². The van der Waals surface area contributed by atoms with Crippen molar-refractivity contribution in [2.75, 3.05) is 46.1 Å². The summed E-state index contributed by atoms with van der Waals surface area (Å²) in [5, 5.41) is 1.11. The van der Waals surface area contributed by atoms with Gasteiger partial charge in [-0.15, -0.1) is 0 Å². The lowest BCUT2D eigenvalue weighted by atomic mass is 10.1. The van der Waals surface area contributed by atoms with Crippen LogP contribution in [0.1, 0.15) is 50.3 Å². The number of likely N-dealkylation sites (tertiary alicyclic amines) is 1. The molecule has 0 saturated carbocycles. The second kappa shape index (κ2) is 17.9. The predicted octanol–water partition coefficient (Wildman–Crippen LogP) is 8.60. The third-order valence-corrected chi connectivity index (χ3v) is 9.35. The number of rotatable bonds is 16. The maximum atomic E-state index is 13.9. The minimum Gasteiger partial charge on any atom is -0.492 e. The van der Waals surface area contributed by atoms with Gasteiger partial charge < -0.3 is 28.3 Å². The van der Waals surface area contributed by atoms with Crippen molar-refractivity contribution in [3.05, 3.63) is 120 Å². The largest absolute Gasteiger partial charge is 0.492 e. The van der Waals surface area contributed by atoms with Crippen LogP contribution in [0.4, 0.5) is 4.39 Å². The van der Waals surface area contributed by atoms with Gasteiger partial charge >= 0.3 is 5.97 Å². The Morgan fingerprint density at radius 3 is 2.25 bits per heavy atom. The third kappa shape index (κ3) is 10.9. The van der Waals surface area contributed by atoms with Crippen LogP contribution in [0.25, 0.3) is 22.2 Å². The number of piperidine rings is 1. The summed E-state index contributed by atoms with van der Waals surface area (Å²) in [6, 6.07) is 31.4. The number of esters is 1. The van der Waals surface area contributed by atoms with Crippen LogP contribution in [0.2, 0.25) is 0 Å². The standard InChI is InChI=1S/C44H51FN2O6/c1-32-40-28-39(52-30-34-8-6-5-7-9-34)18-19-41(40)47(43(32)35-12-14-36(45)15-13-35)29-33-10-16-37(17-11-33)50-25-24-46-22-20-38(21-23-46)51-27-26-49-31-42(48)53-44(2,3)4/h5-19,28,38H,20-27,29-31H2,1-4H3. The van der Waals surface area contributed by atoms with Crippen molar-refractivity contribution < 1.29 is 32.9 Å². The van der Waals surface area contributed by atoms with Crippen LogP contribution in [-0.2, 0) is 32.2 Å². The Balaban J connectivity index is 0.998. The summed E-state index contributed by atoms with van der Waals surface area (Å²) in [6.07, 6.45) is 2.11. The number of carbonyl (C=O) groups excluding carboxylic acids is 1. The predicted molar refractivity (Wildman–Crippen MR) is 206 cm³/mol. The molecule has 53 heavy (non-hydrogen) atoms. The molecule has 9 heteroatoms. The lowest BCUT2D eigenvalue weighted by Crippen LogP contribution is -2.39. The summed E-state index contributed by atoms with van der Waals surface area (Å²) in [4.78, 5) is 14.2. The molecule has 0 N–H and O–H groups in total. The van der Waals surface area contributed by atoms with E-state index in [2.05, 4.69) is 52.8 Å². The quantitative estimate of drug-likeness (QED) is 0.0747. The van der Waals surface area contributed by atoms with Crippen LogP contribution >= 0.6 is 0 Å². The number of hydrogen-bond donors (Lipinski definition) is 0. The van der Waals surface area contributed by atoms with Gasteiger partial charge in [0, 0.05) is 37.1 Å². The van der Waals surface area contributed by atoms with E-state index < -0.39 is 5.60 Å². The average Bonchev–Trinajstić information content (AvgIpc) is 3.41. The van der Waals surface area contributed by atoms with Gasteiger partial charge in [-0.25, -0.2) is 9.18 Å². The Labute approximate surface area is 312 Å². The van der Waals surface area contributed by atoms with E-state index in [4.69, 9.17) is 23.7 Å². The number of nitrogens with zero attached hydrogens (tertiary/aromatic N) is 2. The highest BCUT2D eigenvalue weighted by Gasteiger charge is 2.21. The maximum absolute atomic E-state index is 13.9. The van der Waals surface area contributed by atoms with Gasteiger partial charge in [0.25, 0.3) is 0 Å². The number of halogens is 1. The molecule has 0 amide bonds. The second-order valence-corrected chi connectivity index (χ2v) is 14.6. The Hall–Kier alpha value is -4.70. The molecule has 1 aliphatic heterocycles. The Kier molecular flexibility index (Phi) is 12.8. The summed E-state index contributed by atoms with van der Waals surface area (Å²) < 4.78 is 45.2. The maximum Gasteiger partial charge on any atom is 0.332 e. The summed E-state index contributed by atoms with van der Waals surface area (Å²) in [5.41, 5.74) is 5.98. The van der Waals surface area contributed by atoms with Crippen LogP contribution in [-0.4, -0.2) is 73.2 Å². The molecule has 0 atom stereocenters. The van der Waals surface area contributed by atoms with Crippen molar-refractivity contribution in [3.63, 3.8) is 0 Å².